The standard InChI is InChI=1S/C50H28N4S/c1-2-14-32-29(12-1)13-11-19-37(32)47-46-38-18-6-10-23-45(38)55-49(46)52-50(51-47)54-43-22-9-3-15-33(43)36-25-24-30(28-44(36)54)31-26-39-34-16-4-7-20-41(34)53-42-21-8-5-17-35(42)40(27-31)48(39)53/h1-28H. The molecule has 254 valence electrons. The Morgan fingerprint density at radius 3 is 1.78 bits per heavy atom. The summed E-state index contributed by atoms with van der Waals surface area (Å²) in [6.07, 6.45) is 0. The first-order valence-electron chi connectivity index (χ1n) is 18.7. The fourth-order valence-corrected chi connectivity index (χ4v) is 10.4. The summed E-state index contributed by atoms with van der Waals surface area (Å²) in [6, 6.07) is 61.7. The van der Waals surface area contributed by atoms with E-state index in [9.17, 15) is 0 Å². The van der Waals surface area contributed by atoms with E-state index in [1.54, 1.807) is 11.3 Å². The van der Waals surface area contributed by atoms with Crippen LogP contribution in [0.1, 0.15) is 0 Å². The lowest BCUT2D eigenvalue weighted by Crippen LogP contribution is -2.03. The van der Waals surface area contributed by atoms with E-state index < -0.39 is 0 Å². The average Bonchev–Trinajstić information content (AvgIpc) is 3.98. The van der Waals surface area contributed by atoms with Gasteiger partial charge in [0.2, 0.25) is 5.95 Å². The van der Waals surface area contributed by atoms with Gasteiger partial charge in [0.1, 0.15) is 4.83 Å². The minimum atomic E-state index is 0.677. The fraction of sp³-hybridized carbons (Fsp3) is 0. The van der Waals surface area contributed by atoms with Crippen molar-refractivity contribution in [3.05, 3.63) is 170 Å². The minimum absolute atomic E-state index is 0.677. The number of fused-ring (bicyclic) bond motifs is 13. The fourth-order valence-electron chi connectivity index (χ4n) is 9.32. The lowest BCUT2D eigenvalue weighted by molar-refractivity contribution is 1.02. The molecule has 0 aliphatic heterocycles. The van der Waals surface area contributed by atoms with Crippen LogP contribution in [0.5, 0.6) is 0 Å². The summed E-state index contributed by atoms with van der Waals surface area (Å²) >= 11 is 1.74. The number of aromatic nitrogens is 4. The van der Waals surface area contributed by atoms with Gasteiger partial charge in [-0.25, -0.2) is 9.97 Å². The van der Waals surface area contributed by atoms with Gasteiger partial charge in [0.05, 0.1) is 33.3 Å². The second-order valence-corrected chi connectivity index (χ2v) is 15.6. The monoisotopic (exact) mass is 716 g/mol. The zero-order valence-corrected chi connectivity index (χ0v) is 30.2. The highest BCUT2D eigenvalue weighted by Crippen LogP contribution is 2.44. The Bertz CT molecular complexity index is 3640. The van der Waals surface area contributed by atoms with Crippen molar-refractivity contribution in [3.8, 4) is 28.3 Å². The lowest BCUT2D eigenvalue weighted by Gasteiger charge is -2.12. The summed E-state index contributed by atoms with van der Waals surface area (Å²) < 4.78 is 5.93. The Morgan fingerprint density at radius 1 is 0.418 bits per heavy atom. The highest BCUT2D eigenvalue weighted by molar-refractivity contribution is 7.25. The Kier molecular flexibility index (Phi) is 5.74. The van der Waals surface area contributed by atoms with Gasteiger partial charge in [-0.2, -0.15) is 0 Å². The summed E-state index contributed by atoms with van der Waals surface area (Å²) in [4.78, 5) is 12.0. The van der Waals surface area contributed by atoms with Crippen molar-refractivity contribution >= 4 is 102 Å². The van der Waals surface area contributed by atoms with Crippen molar-refractivity contribution in [1.29, 1.82) is 0 Å². The molecule has 13 aromatic rings. The van der Waals surface area contributed by atoms with Gasteiger partial charge < -0.3 is 4.40 Å². The van der Waals surface area contributed by atoms with E-state index in [-0.39, 0.29) is 0 Å². The molecule has 0 fully saturated rings. The first-order chi connectivity index (χ1) is 27.3. The van der Waals surface area contributed by atoms with Crippen LogP contribution in [-0.2, 0) is 0 Å². The average molecular weight is 717 g/mol. The Labute approximate surface area is 318 Å². The highest BCUT2D eigenvalue weighted by atomic mass is 32.1. The summed E-state index contributed by atoms with van der Waals surface area (Å²) in [7, 11) is 0. The van der Waals surface area contributed by atoms with Gasteiger partial charge in [0.15, 0.2) is 0 Å². The molecule has 0 amide bonds. The molecule has 0 bridgehead atoms. The quantitative estimate of drug-likeness (QED) is 0.182. The zero-order chi connectivity index (χ0) is 35.8. The number of hydrogen-bond acceptors (Lipinski definition) is 3. The maximum Gasteiger partial charge on any atom is 0.236 e. The van der Waals surface area contributed by atoms with Crippen LogP contribution in [0.3, 0.4) is 0 Å². The topological polar surface area (TPSA) is 35.1 Å². The van der Waals surface area contributed by atoms with Gasteiger partial charge in [-0.3, -0.25) is 4.57 Å². The van der Waals surface area contributed by atoms with E-state index in [1.807, 2.05) is 0 Å². The summed E-state index contributed by atoms with van der Waals surface area (Å²) in [5, 5.41) is 12.1. The summed E-state index contributed by atoms with van der Waals surface area (Å²) in [6.45, 7) is 0. The predicted octanol–water partition coefficient (Wildman–Crippen LogP) is 13.6. The van der Waals surface area contributed by atoms with Crippen molar-refractivity contribution in [3.63, 3.8) is 0 Å². The van der Waals surface area contributed by atoms with Gasteiger partial charge in [0.25, 0.3) is 0 Å². The Hall–Kier alpha value is -7.08. The van der Waals surface area contributed by atoms with E-state index in [2.05, 4.69) is 179 Å². The Morgan fingerprint density at radius 2 is 1.02 bits per heavy atom. The third-order valence-corrected chi connectivity index (χ3v) is 12.7. The molecule has 5 heterocycles. The van der Waals surface area contributed by atoms with E-state index in [0.717, 1.165) is 38.1 Å². The van der Waals surface area contributed by atoms with Crippen LogP contribution in [0.25, 0.3) is 119 Å². The van der Waals surface area contributed by atoms with Crippen LogP contribution < -0.4 is 0 Å². The molecular weight excluding hydrogens is 689 g/mol. The number of thiophene rings is 1. The molecule has 0 atom stereocenters. The minimum Gasteiger partial charge on any atom is -0.308 e. The molecule has 55 heavy (non-hydrogen) atoms. The number of rotatable bonds is 3. The van der Waals surface area contributed by atoms with Gasteiger partial charge >= 0.3 is 0 Å². The molecule has 0 spiro atoms. The van der Waals surface area contributed by atoms with Crippen LogP contribution >= 0.6 is 11.3 Å². The summed E-state index contributed by atoms with van der Waals surface area (Å²) in [5.41, 5.74) is 10.4. The SMILES string of the molecule is c1ccc2c(-c3nc(-n4c5ccccc5c5ccc(-c6cc7c8ccccc8n8c9ccccc9c(c6)c78)cc54)nc4sc5ccccc5c34)cccc2c1. The molecule has 0 aliphatic rings. The molecule has 13 rings (SSSR count). The van der Waals surface area contributed by atoms with Gasteiger partial charge in [-0.1, -0.05) is 127 Å². The molecule has 0 N–H and O–H groups in total. The molecule has 0 aliphatic carbocycles. The number of para-hydroxylation sites is 3. The second-order valence-electron chi connectivity index (χ2n) is 14.6. The van der Waals surface area contributed by atoms with Crippen molar-refractivity contribution in [1.82, 2.24) is 18.9 Å². The first-order valence-corrected chi connectivity index (χ1v) is 19.5. The first kappa shape index (κ1) is 29.4. The van der Waals surface area contributed by atoms with Gasteiger partial charge in [-0.15, -0.1) is 11.3 Å². The van der Waals surface area contributed by atoms with E-state index in [1.165, 1.54) is 75.3 Å². The number of nitrogens with zero attached hydrogens (tertiary/aromatic N) is 4. The third-order valence-electron chi connectivity index (χ3n) is 11.7. The normalized spacial score (nSPS) is 12.4. The van der Waals surface area contributed by atoms with E-state index in [0.29, 0.717) is 5.95 Å². The molecular formula is C50H28N4S. The van der Waals surface area contributed by atoms with Gasteiger partial charge in [-0.05, 0) is 64.4 Å². The van der Waals surface area contributed by atoms with Crippen LogP contribution in [-0.4, -0.2) is 18.9 Å². The molecule has 5 aromatic heterocycles. The van der Waals surface area contributed by atoms with Crippen LogP contribution in [0.15, 0.2) is 170 Å². The molecule has 5 heteroatoms. The highest BCUT2D eigenvalue weighted by Gasteiger charge is 2.23. The molecule has 0 unspecified atom stereocenters. The maximum absolute atomic E-state index is 5.57. The molecule has 8 aromatic carbocycles. The number of hydrogen-bond donors (Lipinski definition) is 0. The largest absolute Gasteiger partial charge is 0.308 e. The van der Waals surface area contributed by atoms with Crippen molar-refractivity contribution in [2.45, 2.75) is 0 Å². The third kappa shape index (κ3) is 3.94. The molecule has 4 nitrogen and oxygen atoms in total. The second kappa shape index (κ2) is 10.8. The van der Waals surface area contributed by atoms with Crippen LogP contribution in [0.4, 0.5) is 0 Å². The Balaban J connectivity index is 1.12. The number of benzene rings is 8. The smallest absolute Gasteiger partial charge is 0.236 e. The maximum atomic E-state index is 5.57. The van der Waals surface area contributed by atoms with E-state index >= 15 is 0 Å². The summed E-state index contributed by atoms with van der Waals surface area (Å²) in [5.74, 6) is 0.677. The van der Waals surface area contributed by atoms with Crippen LogP contribution in [0, 0.1) is 0 Å². The lowest BCUT2D eigenvalue weighted by atomic mass is 9.98. The molecule has 0 radical (unpaired) electrons. The van der Waals surface area contributed by atoms with E-state index in [4.69, 9.17) is 9.97 Å². The predicted molar refractivity (Wildman–Crippen MR) is 232 cm³/mol. The van der Waals surface area contributed by atoms with Crippen molar-refractivity contribution < 1.29 is 0 Å². The van der Waals surface area contributed by atoms with Crippen molar-refractivity contribution in [2.24, 2.45) is 0 Å². The van der Waals surface area contributed by atoms with Crippen molar-refractivity contribution in [2.75, 3.05) is 0 Å². The van der Waals surface area contributed by atoms with Crippen LogP contribution in [0.2, 0.25) is 0 Å². The zero-order valence-electron chi connectivity index (χ0n) is 29.4. The molecule has 0 saturated heterocycles. The molecule has 0 saturated carbocycles. The van der Waals surface area contributed by atoms with Gasteiger partial charge in [0, 0.05) is 53.4 Å².